The first-order valence-electron chi connectivity index (χ1n) is 12.3. The van der Waals surface area contributed by atoms with Gasteiger partial charge < -0.3 is 14.4 Å². The SMILES string of the molecule is CC(CN(C(=O)c1ccc(C#N)cc1)c1ccc(Cl)cn1)N1CCN(c2cccc3c2OCCO3)CC1. The number of amides is 1. The van der Waals surface area contributed by atoms with E-state index in [1.54, 1.807) is 47.5 Å². The number of hydrogen-bond acceptors (Lipinski definition) is 7. The van der Waals surface area contributed by atoms with Crippen molar-refractivity contribution in [2.45, 2.75) is 13.0 Å². The quantitative estimate of drug-likeness (QED) is 0.484. The zero-order valence-corrected chi connectivity index (χ0v) is 21.4. The van der Waals surface area contributed by atoms with Crippen LogP contribution in [0.25, 0.3) is 0 Å². The van der Waals surface area contributed by atoms with Crippen molar-refractivity contribution in [3.63, 3.8) is 0 Å². The van der Waals surface area contributed by atoms with Crippen molar-refractivity contribution in [1.82, 2.24) is 9.88 Å². The molecule has 1 aromatic heterocycles. The number of carbonyl (C=O) groups is 1. The van der Waals surface area contributed by atoms with Crippen molar-refractivity contribution in [3.05, 3.63) is 76.9 Å². The van der Waals surface area contributed by atoms with Gasteiger partial charge in [-0.2, -0.15) is 5.26 Å². The summed E-state index contributed by atoms with van der Waals surface area (Å²) in [6, 6.07) is 18.4. The molecule has 1 fully saturated rings. The standard InChI is InChI=1S/C28H28ClN5O3/c1-20(32-11-13-33(14-12-32)24-3-2-4-25-27(24)37-16-15-36-25)19-34(26-10-9-23(29)18-31-26)28(35)22-7-5-21(17-30)6-8-22/h2-10,18,20H,11-16,19H2,1H3. The highest BCUT2D eigenvalue weighted by atomic mass is 35.5. The molecule has 190 valence electrons. The summed E-state index contributed by atoms with van der Waals surface area (Å²) < 4.78 is 11.7. The van der Waals surface area contributed by atoms with Crippen molar-refractivity contribution in [3.8, 4) is 17.6 Å². The maximum atomic E-state index is 13.5. The van der Waals surface area contributed by atoms with Gasteiger partial charge in [0.25, 0.3) is 5.91 Å². The number of fused-ring (bicyclic) bond motifs is 1. The number of hydrogen-bond donors (Lipinski definition) is 0. The molecule has 3 aromatic rings. The van der Waals surface area contributed by atoms with Gasteiger partial charge in [-0.05, 0) is 55.5 Å². The van der Waals surface area contributed by atoms with Crippen LogP contribution in [0.2, 0.25) is 5.02 Å². The first-order chi connectivity index (χ1) is 18.0. The van der Waals surface area contributed by atoms with E-state index in [1.165, 1.54) is 0 Å². The van der Waals surface area contributed by atoms with Crippen LogP contribution in [0, 0.1) is 11.3 Å². The molecule has 2 aromatic carbocycles. The molecule has 1 unspecified atom stereocenters. The average Bonchev–Trinajstić information content (AvgIpc) is 2.96. The van der Waals surface area contributed by atoms with Crippen molar-refractivity contribution in [2.75, 3.05) is 55.7 Å². The number of carbonyl (C=O) groups excluding carboxylic acids is 1. The molecular formula is C28H28ClN5O3. The highest BCUT2D eigenvalue weighted by Crippen LogP contribution is 2.39. The Labute approximate surface area is 221 Å². The summed E-state index contributed by atoms with van der Waals surface area (Å²) in [4.78, 5) is 24.4. The number of pyridine rings is 1. The third-order valence-corrected chi connectivity index (χ3v) is 6.99. The Bertz CT molecular complexity index is 1280. The minimum atomic E-state index is -0.169. The number of nitrogens with zero attached hydrogens (tertiary/aromatic N) is 5. The summed E-state index contributed by atoms with van der Waals surface area (Å²) in [7, 11) is 0. The predicted molar refractivity (Wildman–Crippen MR) is 143 cm³/mol. The Hall–Kier alpha value is -3.80. The monoisotopic (exact) mass is 517 g/mol. The molecule has 0 spiro atoms. The van der Waals surface area contributed by atoms with Gasteiger partial charge in [-0.25, -0.2) is 4.98 Å². The Balaban J connectivity index is 1.29. The van der Waals surface area contributed by atoms with E-state index in [0.717, 1.165) is 43.4 Å². The Kier molecular flexibility index (Phi) is 7.45. The molecule has 2 aliphatic rings. The molecule has 8 nitrogen and oxygen atoms in total. The molecule has 5 rings (SSSR count). The number of para-hydroxylation sites is 1. The van der Waals surface area contributed by atoms with Crippen molar-refractivity contribution < 1.29 is 14.3 Å². The molecule has 0 N–H and O–H groups in total. The van der Waals surface area contributed by atoms with Crippen LogP contribution >= 0.6 is 11.6 Å². The zero-order chi connectivity index (χ0) is 25.8. The molecule has 1 atom stereocenters. The number of aromatic nitrogens is 1. The van der Waals surface area contributed by atoms with Gasteiger partial charge in [0.05, 0.1) is 22.3 Å². The van der Waals surface area contributed by atoms with E-state index < -0.39 is 0 Å². The topological polar surface area (TPSA) is 81.9 Å². The van der Waals surface area contributed by atoms with E-state index in [4.69, 9.17) is 26.3 Å². The maximum Gasteiger partial charge on any atom is 0.259 e. The lowest BCUT2D eigenvalue weighted by Gasteiger charge is -2.41. The van der Waals surface area contributed by atoms with Gasteiger partial charge in [0.15, 0.2) is 11.5 Å². The van der Waals surface area contributed by atoms with Crippen LogP contribution in [0.1, 0.15) is 22.8 Å². The first-order valence-corrected chi connectivity index (χ1v) is 12.7. The number of halogens is 1. The van der Waals surface area contributed by atoms with E-state index in [-0.39, 0.29) is 11.9 Å². The number of benzene rings is 2. The highest BCUT2D eigenvalue weighted by molar-refractivity contribution is 6.30. The first kappa shape index (κ1) is 24.9. The van der Waals surface area contributed by atoms with Crippen LogP contribution in [0.3, 0.4) is 0 Å². The normalized spacial score (nSPS) is 16.1. The van der Waals surface area contributed by atoms with E-state index in [1.807, 2.05) is 12.1 Å². The summed E-state index contributed by atoms with van der Waals surface area (Å²) in [6.45, 7) is 7.10. The minimum Gasteiger partial charge on any atom is -0.486 e. The number of piperazine rings is 1. The maximum absolute atomic E-state index is 13.5. The summed E-state index contributed by atoms with van der Waals surface area (Å²) in [6.07, 6.45) is 1.55. The molecule has 0 radical (unpaired) electrons. The molecular weight excluding hydrogens is 490 g/mol. The van der Waals surface area contributed by atoms with Crippen LogP contribution < -0.4 is 19.3 Å². The van der Waals surface area contributed by atoms with Gasteiger partial charge in [-0.3, -0.25) is 14.6 Å². The van der Waals surface area contributed by atoms with Gasteiger partial charge >= 0.3 is 0 Å². The third-order valence-electron chi connectivity index (χ3n) is 6.76. The van der Waals surface area contributed by atoms with Gasteiger partial charge in [0.1, 0.15) is 19.0 Å². The summed E-state index contributed by atoms with van der Waals surface area (Å²) in [5, 5.41) is 9.61. The van der Waals surface area contributed by atoms with E-state index >= 15 is 0 Å². The lowest BCUT2D eigenvalue weighted by Crippen LogP contribution is -2.53. The van der Waals surface area contributed by atoms with Crippen LogP contribution in [0.5, 0.6) is 11.5 Å². The summed E-state index contributed by atoms with van der Waals surface area (Å²) in [5.74, 6) is 1.99. The second kappa shape index (κ2) is 11.1. The number of rotatable bonds is 6. The minimum absolute atomic E-state index is 0.0891. The predicted octanol–water partition coefficient (Wildman–Crippen LogP) is 4.24. The van der Waals surface area contributed by atoms with Gasteiger partial charge in [-0.1, -0.05) is 17.7 Å². The van der Waals surface area contributed by atoms with E-state index in [0.29, 0.717) is 41.7 Å². The molecule has 0 aliphatic carbocycles. The highest BCUT2D eigenvalue weighted by Gasteiger charge is 2.28. The van der Waals surface area contributed by atoms with Crippen LogP contribution in [-0.2, 0) is 0 Å². The van der Waals surface area contributed by atoms with Crippen molar-refractivity contribution >= 4 is 29.0 Å². The second-order valence-corrected chi connectivity index (χ2v) is 9.55. The fraction of sp³-hybridized carbons (Fsp3) is 0.321. The Morgan fingerprint density at radius 2 is 1.84 bits per heavy atom. The number of nitriles is 1. The van der Waals surface area contributed by atoms with E-state index in [2.05, 4.69) is 33.8 Å². The Morgan fingerprint density at radius 3 is 2.54 bits per heavy atom. The summed E-state index contributed by atoms with van der Waals surface area (Å²) >= 11 is 6.06. The van der Waals surface area contributed by atoms with Gasteiger partial charge in [0, 0.05) is 50.5 Å². The lowest BCUT2D eigenvalue weighted by molar-refractivity contribution is 0.0973. The molecule has 1 amide bonds. The molecule has 1 saturated heterocycles. The lowest BCUT2D eigenvalue weighted by atomic mass is 10.1. The zero-order valence-electron chi connectivity index (χ0n) is 20.6. The van der Waals surface area contributed by atoms with Crippen LogP contribution in [0.15, 0.2) is 60.8 Å². The summed E-state index contributed by atoms with van der Waals surface area (Å²) in [5.41, 5.74) is 2.08. The van der Waals surface area contributed by atoms with Crippen LogP contribution in [0.4, 0.5) is 11.5 Å². The molecule has 37 heavy (non-hydrogen) atoms. The van der Waals surface area contributed by atoms with E-state index in [9.17, 15) is 4.79 Å². The third kappa shape index (κ3) is 5.48. The number of ether oxygens (including phenoxy) is 2. The fourth-order valence-corrected chi connectivity index (χ4v) is 4.85. The largest absolute Gasteiger partial charge is 0.486 e. The van der Waals surface area contributed by atoms with Gasteiger partial charge in [0.2, 0.25) is 0 Å². The second-order valence-electron chi connectivity index (χ2n) is 9.11. The van der Waals surface area contributed by atoms with Crippen LogP contribution in [-0.4, -0.2) is 67.8 Å². The fourth-order valence-electron chi connectivity index (χ4n) is 4.74. The Morgan fingerprint density at radius 1 is 1.08 bits per heavy atom. The molecule has 0 saturated carbocycles. The number of anilines is 2. The molecule has 2 aliphatic heterocycles. The smallest absolute Gasteiger partial charge is 0.259 e. The molecule has 0 bridgehead atoms. The average molecular weight is 518 g/mol. The molecule has 3 heterocycles. The van der Waals surface area contributed by atoms with Gasteiger partial charge in [-0.15, -0.1) is 0 Å². The molecule has 9 heteroatoms. The van der Waals surface area contributed by atoms with Crippen molar-refractivity contribution in [2.24, 2.45) is 0 Å². The van der Waals surface area contributed by atoms with Crippen molar-refractivity contribution in [1.29, 1.82) is 5.26 Å².